The molecular formula is C17H12ClN3OS. The van der Waals surface area contributed by atoms with Crippen LogP contribution in [0.2, 0.25) is 5.02 Å². The van der Waals surface area contributed by atoms with Crippen molar-refractivity contribution in [2.45, 2.75) is 6.54 Å². The third-order valence-corrected chi connectivity index (χ3v) is 4.88. The number of hydrogen-bond donors (Lipinski definition) is 1. The van der Waals surface area contributed by atoms with Gasteiger partial charge >= 0.3 is 0 Å². The lowest BCUT2D eigenvalue weighted by atomic mass is 10.2. The van der Waals surface area contributed by atoms with Crippen LogP contribution in [0.1, 0.15) is 15.4 Å². The molecule has 4 rings (SSSR count). The standard InChI is InChI=1S/C17H12ClN3OS/c18-12-5-6-16-20-13(10-21(16)9-12)8-19-17(22)15-7-11-3-1-2-4-14(11)23-15/h1-7,9-10H,8H2,(H,19,22). The zero-order valence-electron chi connectivity index (χ0n) is 12.0. The summed E-state index contributed by atoms with van der Waals surface area (Å²) in [4.78, 5) is 17.5. The molecule has 23 heavy (non-hydrogen) atoms. The van der Waals surface area contributed by atoms with E-state index in [4.69, 9.17) is 11.6 Å². The number of nitrogens with zero attached hydrogens (tertiary/aromatic N) is 2. The Kier molecular flexibility index (Phi) is 3.52. The van der Waals surface area contributed by atoms with Crippen LogP contribution in [0, 0.1) is 0 Å². The summed E-state index contributed by atoms with van der Waals surface area (Å²) in [6.45, 7) is 0.381. The van der Waals surface area contributed by atoms with Gasteiger partial charge in [0, 0.05) is 17.1 Å². The molecule has 0 saturated heterocycles. The lowest BCUT2D eigenvalue weighted by molar-refractivity contribution is 0.0954. The molecule has 0 unspecified atom stereocenters. The molecule has 0 aliphatic heterocycles. The smallest absolute Gasteiger partial charge is 0.261 e. The van der Waals surface area contributed by atoms with Gasteiger partial charge in [-0.1, -0.05) is 29.8 Å². The first-order valence-electron chi connectivity index (χ1n) is 7.09. The Hall–Kier alpha value is -2.37. The molecule has 114 valence electrons. The first-order chi connectivity index (χ1) is 11.2. The molecule has 0 aliphatic rings. The minimum Gasteiger partial charge on any atom is -0.346 e. The topological polar surface area (TPSA) is 46.4 Å². The molecule has 4 nitrogen and oxygen atoms in total. The maximum atomic E-state index is 12.3. The molecule has 6 heteroatoms. The third-order valence-electron chi connectivity index (χ3n) is 3.54. The number of hydrogen-bond acceptors (Lipinski definition) is 3. The highest BCUT2D eigenvalue weighted by Gasteiger charge is 2.10. The van der Waals surface area contributed by atoms with Crippen molar-refractivity contribution in [3.63, 3.8) is 0 Å². The van der Waals surface area contributed by atoms with Crippen LogP contribution < -0.4 is 5.32 Å². The summed E-state index contributed by atoms with van der Waals surface area (Å²) in [7, 11) is 0. The van der Waals surface area contributed by atoms with E-state index in [1.54, 1.807) is 12.3 Å². The highest BCUT2D eigenvalue weighted by Crippen LogP contribution is 2.25. The van der Waals surface area contributed by atoms with Gasteiger partial charge < -0.3 is 9.72 Å². The SMILES string of the molecule is O=C(NCc1cn2cc(Cl)ccc2n1)c1cc2ccccc2s1. The maximum absolute atomic E-state index is 12.3. The number of carbonyl (C=O) groups excluding carboxylic acids is 1. The van der Waals surface area contributed by atoms with E-state index in [-0.39, 0.29) is 5.91 Å². The minimum absolute atomic E-state index is 0.0821. The summed E-state index contributed by atoms with van der Waals surface area (Å²) >= 11 is 7.45. The molecule has 0 aliphatic carbocycles. The van der Waals surface area contributed by atoms with E-state index in [0.29, 0.717) is 16.4 Å². The van der Waals surface area contributed by atoms with Crippen LogP contribution in [0.25, 0.3) is 15.7 Å². The number of imidazole rings is 1. The lowest BCUT2D eigenvalue weighted by Crippen LogP contribution is -2.21. The Morgan fingerprint density at radius 1 is 1.22 bits per heavy atom. The van der Waals surface area contributed by atoms with Crippen molar-refractivity contribution >= 4 is 44.6 Å². The van der Waals surface area contributed by atoms with Gasteiger partial charge in [-0.25, -0.2) is 4.98 Å². The van der Waals surface area contributed by atoms with Crippen molar-refractivity contribution in [2.24, 2.45) is 0 Å². The van der Waals surface area contributed by atoms with Crippen molar-refractivity contribution in [1.82, 2.24) is 14.7 Å². The van der Waals surface area contributed by atoms with Crippen LogP contribution in [0.15, 0.2) is 54.9 Å². The second-order valence-electron chi connectivity index (χ2n) is 5.18. The largest absolute Gasteiger partial charge is 0.346 e. The van der Waals surface area contributed by atoms with E-state index in [1.165, 1.54) is 11.3 Å². The summed E-state index contributed by atoms with van der Waals surface area (Å²) in [6, 6.07) is 13.5. The van der Waals surface area contributed by atoms with Gasteiger partial charge in [0.15, 0.2) is 0 Å². The number of thiophene rings is 1. The average molecular weight is 342 g/mol. The van der Waals surface area contributed by atoms with Gasteiger partial charge in [-0.05, 0) is 29.7 Å². The van der Waals surface area contributed by atoms with Crippen molar-refractivity contribution in [3.05, 3.63) is 70.5 Å². The van der Waals surface area contributed by atoms with Gasteiger partial charge in [0.05, 0.1) is 22.1 Å². The van der Waals surface area contributed by atoms with E-state index < -0.39 is 0 Å². The first kappa shape index (κ1) is 14.2. The fourth-order valence-electron chi connectivity index (χ4n) is 2.45. The van der Waals surface area contributed by atoms with Gasteiger partial charge in [0.25, 0.3) is 5.91 Å². The predicted molar refractivity (Wildman–Crippen MR) is 93.2 cm³/mol. The maximum Gasteiger partial charge on any atom is 0.261 e. The minimum atomic E-state index is -0.0821. The van der Waals surface area contributed by atoms with Crippen LogP contribution in [0.4, 0.5) is 0 Å². The van der Waals surface area contributed by atoms with E-state index in [1.807, 2.05) is 47.0 Å². The van der Waals surface area contributed by atoms with Crippen molar-refractivity contribution in [1.29, 1.82) is 0 Å². The quantitative estimate of drug-likeness (QED) is 0.609. The van der Waals surface area contributed by atoms with Gasteiger partial charge in [-0.2, -0.15) is 0 Å². The van der Waals surface area contributed by atoms with Crippen LogP contribution in [0.5, 0.6) is 0 Å². The van der Waals surface area contributed by atoms with E-state index in [9.17, 15) is 4.79 Å². The molecule has 1 amide bonds. The lowest BCUT2D eigenvalue weighted by Gasteiger charge is -1.99. The van der Waals surface area contributed by atoms with Crippen LogP contribution in [0.3, 0.4) is 0 Å². The Bertz CT molecular complexity index is 988. The number of nitrogens with one attached hydrogen (secondary N) is 1. The fourth-order valence-corrected chi connectivity index (χ4v) is 3.60. The number of rotatable bonds is 3. The molecule has 0 radical (unpaired) electrons. The number of amides is 1. The summed E-state index contributed by atoms with van der Waals surface area (Å²) in [5.74, 6) is -0.0821. The van der Waals surface area contributed by atoms with Crippen LogP contribution in [-0.4, -0.2) is 15.3 Å². The van der Waals surface area contributed by atoms with Crippen molar-refractivity contribution in [3.8, 4) is 0 Å². The number of pyridine rings is 1. The van der Waals surface area contributed by atoms with Gasteiger partial charge in [0.1, 0.15) is 5.65 Å². The molecule has 0 fully saturated rings. The highest BCUT2D eigenvalue weighted by atomic mass is 35.5. The normalized spacial score (nSPS) is 11.2. The molecule has 1 aromatic carbocycles. The van der Waals surface area contributed by atoms with E-state index in [2.05, 4.69) is 10.3 Å². The first-order valence-corrected chi connectivity index (χ1v) is 8.28. The molecule has 0 spiro atoms. The average Bonchev–Trinajstić information content (AvgIpc) is 3.15. The van der Waals surface area contributed by atoms with Gasteiger partial charge in [-0.15, -0.1) is 11.3 Å². The monoisotopic (exact) mass is 341 g/mol. The number of benzene rings is 1. The second-order valence-corrected chi connectivity index (χ2v) is 6.70. The highest BCUT2D eigenvalue weighted by molar-refractivity contribution is 7.20. The molecule has 1 N–H and O–H groups in total. The summed E-state index contributed by atoms with van der Waals surface area (Å²) in [5.41, 5.74) is 1.60. The summed E-state index contributed by atoms with van der Waals surface area (Å²) in [6.07, 6.45) is 3.66. The Balaban J connectivity index is 1.51. The second kappa shape index (κ2) is 5.68. The number of aromatic nitrogens is 2. The fraction of sp³-hybridized carbons (Fsp3) is 0.0588. The van der Waals surface area contributed by atoms with Crippen LogP contribution >= 0.6 is 22.9 Å². The summed E-state index contributed by atoms with van der Waals surface area (Å²) < 4.78 is 2.96. The molecular weight excluding hydrogens is 330 g/mol. The molecule has 0 atom stereocenters. The van der Waals surface area contributed by atoms with Gasteiger partial charge in [-0.3, -0.25) is 4.79 Å². The summed E-state index contributed by atoms with van der Waals surface area (Å²) in [5, 5.41) is 4.65. The number of carbonyl (C=O) groups is 1. The van der Waals surface area contributed by atoms with E-state index >= 15 is 0 Å². The van der Waals surface area contributed by atoms with E-state index in [0.717, 1.165) is 21.4 Å². The van der Waals surface area contributed by atoms with Gasteiger partial charge in [0.2, 0.25) is 0 Å². The Labute approximate surface area is 141 Å². The predicted octanol–water partition coefficient (Wildman–Crippen LogP) is 4.13. The van der Waals surface area contributed by atoms with Crippen molar-refractivity contribution < 1.29 is 4.79 Å². The molecule has 3 aromatic heterocycles. The molecule has 3 heterocycles. The zero-order chi connectivity index (χ0) is 15.8. The van der Waals surface area contributed by atoms with Crippen LogP contribution in [-0.2, 0) is 6.54 Å². The number of halogens is 1. The molecule has 0 bridgehead atoms. The molecule has 0 saturated carbocycles. The zero-order valence-corrected chi connectivity index (χ0v) is 13.6. The third kappa shape index (κ3) is 2.81. The Morgan fingerprint density at radius 2 is 2.09 bits per heavy atom. The van der Waals surface area contributed by atoms with Crippen molar-refractivity contribution in [2.75, 3.05) is 0 Å². The Morgan fingerprint density at radius 3 is 2.96 bits per heavy atom. The number of fused-ring (bicyclic) bond motifs is 2. The molecule has 4 aromatic rings.